The highest BCUT2D eigenvalue weighted by atomic mass is 16.6. The number of amides is 1. The molecule has 3 aliphatic heterocycles. The lowest BCUT2D eigenvalue weighted by atomic mass is 9.77. The second-order valence-corrected chi connectivity index (χ2v) is 6.50. The van der Waals surface area contributed by atoms with Crippen LogP contribution in [0.15, 0.2) is 12.2 Å². The predicted molar refractivity (Wildman–Crippen MR) is 76.4 cm³/mol. The molecule has 4 atom stereocenters. The largest absolute Gasteiger partial charge is 0.463 e. The molecule has 0 N–H and O–H groups in total. The number of fused-ring (bicyclic) bond motifs is 1. The summed E-state index contributed by atoms with van der Waals surface area (Å²) in [6.45, 7) is 7.05. The first-order valence-electron chi connectivity index (χ1n) is 7.85. The van der Waals surface area contributed by atoms with E-state index in [1.807, 2.05) is 30.9 Å². The lowest BCUT2D eigenvalue weighted by Crippen LogP contribution is -2.40. The van der Waals surface area contributed by atoms with Crippen LogP contribution >= 0.6 is 0 Å². The van der Waals surface area contributed by atoms with E-state index in [1.54, 1.807) is 0 Å². The summed E-state index contributed by atoms with van der Waals surface area (Å²) in [5.41, 5.74) is -0.601. The molecule has 2 saturated heterocycles. The van der Waals surface area contributed by atoms with Gasteiger partial charge in [-0.1, -0.05) is 25.5 Å². The zero-order valence-corrected chi connectivity index (χ0v) is 12.9. The molecule has 0 aromatic carbocycles. The second-order valence-electron chi connectivity index (χ2n) is 6.50. The molecule has 0 aliphatic carbocycles. The number of likely N-dealkylation sites (tertiary alicyclic amines) is 1. The molecule has 5 nitrogen and oxygen atoms in total. The highest BCUT2D eigenvalue weighted by Gasteiger charge is 2.67. The number of esters is 1. The summed E-state index contributed by atoms with van der Waals surface area (Å²) in [5, 5.41) is 0. The third-order valence-electron chi connectivity index (χ3n) is 4.58. The van der Waals surface area contributed by atoms with Crippen molar-refractivity contribution < 1.29 is 19.1 Å². The first-order valence-corrected chi connectivity index (χ1v) is 7.85. The molecule has 0 saturated carbocycles. The summed E-state index contributed by atoms with van der Waals surface area (Å²) in [5.74, 6) is -1.16. The number of carbonyl (C=O) groups excluding carboxylic acids is 2. The van der Waals surface area contributed by atoms with Crippen molar-refractivity contribution in [3.05, 3.63) is 12.2 Å². The Morgan fingerprint density at radius 3 is 3.00 bits per heavy atom. The van der Waals surface area contributed by atoms with Gasteiger partial charge in [-0.2, -0.15) is 0 Å². The molecule has 0 aromatic heterocycles. The Balaban J connectivity index is 1.82. The Kier molecular flexibility index (Phi) is 3.56. The number of rotatable bonds is 5. The molecule has 3 heterocycles. The van der Waals surface area contributed by atoms with E-state index in [1.165, 1.54) is 0 Å². The van der Waals surface area contributed by atoms with Gasteiger partial charge in [0.25, 0.3) is 0 Å². The quantitative estimate of drug-likeness (QED) is 0.569. The van der Waals surface area contributed by atoms with Crippen LogP contribution in [0.1, 0.15) is 33.6 Å². The van der Waals surface area contributed by atoms with Crippen molar-refractivity contribution in [2.24, 2.45) is 11.8 Å². The van der Waals surface area contributed by atoms with Crippen LogP contribution in [-0.4, -0.2) is 47.7 Å². The van der Waals surface area contributed by atoms with Gasteiger partial charge in [-0.05, 0) is 20.3 Å². The maximum Gasteiger partial charge on any atom is 0.313 e. The van der Waals surface area contributed by atoms with Gasteiger partial charge < -0.3 is 14.4 Å². The van der Waals surface area contributed by atoms with Crippen LogP contribution in [0.25, 0.3) is 0 Å². The molecule has 0 unspecified atom stereocenters. The van der Waals surface area contributed by atoms with Gasteiger partial charge in [0.1, 0.15) is 11.5 Å². The average Bonchev–Trinajstić information content (AvgIpc) is 3.04. The first kappa shape index (κ1) is 14.6. The molecule has 3 rings (SSSR count). The minimum absolute atomic E-state index is 0.0426. The number of carbonyl (C=O) groups is 2. The van der Waals surface area contributed by atoms with E-state index in [2.05, 4.69) is 6.92 Å². The van der Waals surface area contributed by atoms with E-state index in [0.717, 1.165) is 19.4 Å². The monoisotopic (exact) mass is 293 g/mol. The summed E-state index contributed by atoms with van der Waals surface area (Å²) in [4.78, 5) is 26.9. The van der Waals surface area contributed by atoms with Crippen LogP contribution in [0.5, 0.6) is 0 Å². The van der Waals surface area contributed by atoms with Crippen molar-refractivity contribution in [2.75, 3.05) is 13.1 Å². The summed E-state index contributed by atoms with van der Waals surface area (Å²) < 4.78 is 11.3. The van der Waals surface area contributed by atoms with E-state index >= 15 is 0 Å². The summed E-state index contributed by atoms with van der Waals surface area (Å²) in [7, 11) is 0. The fraction of sp³-hybridized carbons (Fsp3) is 0.750. The second kappa shape index (κ2) is 5.13. The van der Waals surface area contributed by atoms with Crippen molar-refractivity contribution >= 4 is 11.9 Å². The fourth-order valence-electron chi connectivity index (χ4n) is 3.70. The minimum atomic E-state index is -0.601. The van der Waals surface area contributed by atoms with E-state index in [9.17, 15) is 9.59 Å². The molecule has 0 radical (unpaired) electrons. The zero-order valence-electron chi connectivity index (χ0n) is 12.9. The van der Waals surface area contributed by atoms with Crippen LogP contribution in [0.2, 0.25) is 0 Å². The zero-order chi connectivity index (χ0) is 15.2. The Bertz CT molecular complexity index is 487. The summed E-state index contributed by atoms with van der Waals surface area (Å²) >= 11 is 0. The normalized spacial score (nSPS) is 36.7. The lowest BCUT2D eigenvalue weighted by molar-refractivity contribution is -0.157. The molecule has 2 bridgehead atoms. The van der Waals surface area contributed by atoms with Crippen molar-refractivity contribution in [3.63, 3.8) is 0 Å². The topological polar surface area (TPSA) is 55.8 Å². The van der Waals surface area contributed by atoms with Gasteiger partial charge in [0.05, 0.1) is 24.7 Å². The smallest absolute Gasteiger partial charge is 0.313 e. The van der Waals surface area contributed by atoms with Crippen LogP contribution in [0, 0.1) is 11.8 Å². The van der Waals surface area contributed by atoms with Crippen molar-refractivity contribution in [1.29, 1.82) is 0 Å². The first-order chi connectivity index (χ1) is 9.98. The number of ether oxygens (including phenoxy) is 2. The molecule has 1 spiro atoms. The number of unbranched alkanes of at least 4 members (excludes halogenated alkanes) is 1. The van der Waals surface area contributed by atoms with Crippen molar-refractivity contribution in [1.82, 2.24) is 4.90 Å². The number of hydrogen-bond acceptors (Lipinski definition) is 4. The Morgan fingerprint density at radius 2 is 2.33 bits per heavy atom. The Labute approximate surface area is 125 Å². The van der Waals surface area contributed by atoms with Gasteiger partial charge in [0, 0.05) is 6.54 Å². The van der Waals surface area contributed by atoms with Crippen molar-refractivity contribution in [3.8, 4) is 0 Å². The molecule has 21 heavy (non-hydrogen) atoms. The maximum atomic E-state index is 12.7. The summed E-state index contributed by atoms with van der Waals surface area (Å²) in [6.07, 6.45) is 5.43. The van der Waals surface area contributed by atoms with Crippen LogP contribution < -0.4 is 0 Å². The van der Waals surface area contributed by atoms with Crippen molar-refractivity contribution in [2.45, 2.75) is 51.4 Å². The predicted octanol–water partition coefficient (Wildman–Crippen LogP) is 1.52. The van der Waals surface area contributed by atoms with Gasteiger partial charge in [0.15, 0.2) is 0 Å². The molecule has 0 aromatic rings. The maximum absolute atomic E-state index is 12.7. The SMILES string of the molecule is CCCCN1C[C@@]23C=C[C@@H](O2)[C@H](C(=O)OC(C)C)[C@H]3C1=O. The van der Waals surface area contributed by atoms with Crippen LogP contribution in [0.4, 0.5) is 0 Å². The molecule has 3 aliphatic rings. The number of nitrogens with zero attached hydrogens (tertiary/aromatic N) is 1. The molecule has 116 valence electrons. The van der Waals surface area contributed by atoms with E-state index < -0.39 is 17.4 Å². The van der Waals surface area contributed by atoms with Crippen LogP contribution in [0.3, 0.4) is 0 Å². The molecular weight excluding hydrogens is 270 g/mol. The molecule has 2 fully saturated rings. The van der Waals surface area contributed by atoms with E-state index in [-0.39, 0.29) is 24.1 Å². The van der Waals surface area contributed by atoms with Gasteiger partial charge in [-0.15, -0.1) is 0 Å². The standard InChI is InChI=1S/C16H23NO4/c1-4-5-8-17-9-16-7-6-11(21-16)12(13(16)14(17)18)15(19)20-10(2)3/h6-7,10-13H,4-5,8-9H2,1-3H3/t11-,12+,13+,16-/m1/s1. The van der Waals surface area contributed by atoms with E-state index in [4.69, 9.17) is 9.47 Å². The van der Waals surface area contributed by atoms with E-state index in [0.29, 0.717) is 6.54 Å². The van der Waals surface area contributed by atoms with Crippen LogP contribution in [-0.2, 0) is 19.1 Å². The Morgan fingerprint density at radius 1 is 1.57 bits per heavy atom. The van der Waals surface area contributed by atoms with Gasteiger partial charge >= 0.3 is 5.97 Å². The number of hydrogen-bond donors (Lipinski definition) is 0. The van der Waals surface area contributed by atoms with Gasteiger partial charge in [0.2, 0.25) is 5.91 Å². The van der Waals surface area contributed by atoms with Gasteiger partial charge in [-0.25, -0.2) is 0 Å². The molecular formula is C16H23NO4. The van der Waals surface area contributed by atoms with Gasteiger partial charge in [-0.3, -0.25) is 9.59 Å². The summed E-state index contributed by atoms with van der Waals surface area (Å²) in [6, 6.07) is 0. The third-order valence-corrected chi connectivity index (χ3v) is 4.58. The molecule has 5 heteroatoms. The molecule has 1 amide bonds. The third kappa shape index (κ3) is 2.18. The highest BCUT2D eigenvalue weighted by molar-refractivity contribution is 5.91. The average molecular weight is 293 g/mol. The highest BCUT2D eigenvalue weighted by Crippen LogP contribution is 2.52. The minimum Gasteiger partial charge on any atom is -0.463 e. The Hall–Kier alpha value is -1.36. The lowest BCUT2D eigenvalue weighted by Gasteiger charge is -2.23. The fourth-order valence-corrected chi connectivity index (χ4v) is 3.70.